The zero-order valence-electron chi connectivity index (χ0n) is 21.2. The predicted molar refractivity (Wildman–Crippen MR) is 130 cm³/mol. The highest BCUT2D eigenvalue weighted by atomic mass is 16.3. The molecule has 0 bridgehead atoms. The number of aryl methyl sites for hydroxylation is 1. The van der Waals surface area contributed by atoms with Gasteiger partial charge in [0.1, 0.15) is 5.75 Å². The quantitative estimate of drug-likeness (QED) is 0.345. The van der Waals surface area contributed by atoms with Crippen molar-refractivity contribution in [2.45, 2.75) is 137 Å². The Labute approximate surface area is 182 Å². The average Bonchev–Trinajstić information content (AvgIpc) is 2.64. The van der Waals surface area contributed by atoms with Crippen LogP contribution >= 0.6 is 0 Å². The van der Waals surface area contributed by atoms with Gasteiger partial charge < -0.3 is 5.11 Å². The Hall–Kier alpha value is -0.980. The van der Waals surface area contributed by atoms with Gasteiger partial charge in [-0.15, -0.1) is 0 Å². The summed E-state index contributed by atoms with van der Waals surface area (Å²) in [6.45, 7) is 20.5. The fraction of sp³-hybridized carbons (Fsp3) is 0.786. The van der Waals surface area contributed by atoms with Crippen molar-refractivity contribution in [1.29, 1.82) is 0 Å². The van der Waals surface area contributed by atoms with Crippen LogP contribution in [0.2, 0.25) is 0 Å². The normalized spacial score (nSPS) is 14.8. The standard InChI is InChI=1S/C28H50O/c1-10-27(7,8)18-16-14-12-13-15-17-19-28(9,11-2)24-21-23(26(4,5)6)20-22(3)25(24)29/h20-21,29H,10-19H2,1-9H3. The maximum absolute atomic E-state index is 10.8. The van der Waals surface area contributed by atoms with Gasteiger partial charge >= 0.3 is 0 Å². The van der Waals surface area contributed by atoms with Crippen LogP contribution in [0.3, 0.4) is 0 Å². The molecule has 0 saturated carbocycles. The Kier molecular flexibility index (Phi) is 9.77. The molecule has 0 fully saturated rings. The van der Waals surface area contributed by atoms with Crippen LogP contribution in [0.5, 0.6) is 5.75 Å². The zero-order valence-corrected chi connectivity index (χ0v) is 21.2. The Morgan fingerprint density at radius 2 is 1.24 bits per heavy atom. The van der Waals surface area contributed by atoms with E-state index in [9.17, 15) is 5.11 Å². The van der Waals surface area contributed by atoms with Crippen molar-refractivity contribution in [1.82, 2.24) is 0 Å². The Morgan fingerprint density at radius 3 is 1.72 bits per heavy atom. The lowest BCUT2D eigenvalue weighted by Gasteiger charge is -2.32. The molecule has 1 nitrogen and oxygen atoms in total. The minimum atomic E-state index is 0.0568. The van der Waals surface area contributed by atoms with Gasteiger partial charge in [-0.2, -0.15) is 0 Å². The summed E-state index contributed by atoms with van der Waals surface area (Å²) < 4.78 is 0. The van der Waals surface area contributed by atoms with E-state index >= 15 is 0 Å². The third-order valence-corrected chi connectivity index (χ3v) is 7.39. The van der Waals surface area contributed by atoms with Gasteiger partial charge in [-0.1, -0.05) is 112 Å². The number of phenolic OH excluding ortho intramolecular Hbond substituents is 1. The van der Waals surface area contributed by atoms with Gasteiger partial charge in [-0.3, -0.25) is 0 Å². The van der Waals surface area contributed by atoms with E-state index < -0.39 is 0 Å². The van der Waals surface area contributed by atoms with Gasteiger partial charge in [0.2, 0.25) is 0 Å². The third kappa shape index (κ3) is 7.99. The molecule has 0 amide bonds. The molecule has 168 valence electrons. The molecule has 0 aliphatic carbocycles. The monoisotopic (exact) mass is 402 g/mol. The largest absolute Gasteiger partial charge is 0.507 e. The van der Waals surface area contributed by atoms with Crippen LogP contribution in [0.15, 0.2) is 12.1 Å². The smallest absolute Gasteiger partial charge is 0.122 e. The van der Waals surface area contributed by atoms with E-state index in [0.717, 1.165) is 24.0 Å². The molecule has 0 aliphatic heterocycles. The number of phenols is 1. The second kappa shape index (κ2) is 10.9. The molecule has 0 aliphatic rings. The van der Waals surface area contributed by atoms with Gasteiger partial charge in [0.15, 0.2) is 0 Å². The van der Waals surface area contributed by atoms with Crippen LogP contribution in [-0.2, 0) is 10.8 Å². The van der Waals surface area contributed by atoms with Gasteiger partial charge in [-0.05, 0) is 53.6 Å². The van der Waals surface area contributed by atoms with Crippen molar-refractivity contribution in [3.63, 3.8) is 0 Å². The fourth-order valence-corrected chi connectivity index (χ4v) is 4.18. The molecular weight excluding hydrogens is 352 g/mol. The molecule has 0 radical (unpaired) electrons. The lowest BCUT2D eigenvalue weighted by Crippen LogP contribution is -2.23. The minimum Gasteiger partial charge on any atom is -0.507 e. The van der Waals surface area contributed by atoms with Crippen molar-refractivity contribution < 1.29 is 5.11 Å². The maximum atomic E-state index is 10.8. The summed E-state index contributed by atoms with van der Waals surface area (Å²) in [5.41, 5.74) is 4.19. The SMILES string of the molecule is CCC(C)(C)CCCCCCCCC(C)(CC)c1cc(C(C)(C)C)cc(C)c1O. The van der Waals surface area contributed by atoms with E-state index in [-0.39, 0.29) is 10.8 Å². The molecule has 1 heteroatoms. The minimum absolute atomic E-state index is 0.0568. The summed E-state index contributed by atoms with van der Waals surface area (Å²) in [4.78, 5) is 0. The molecule has 0 saturated heterocycles. The van der Waals surface area contributed by atoms with Crippen molar-refractivity contribution >= 4 is 0 Å². The second-order valence-corrected chi connectivity index (χ2v) is 11.5. The maximum Gasteiger partial charge on any atom is 0.122 e. The van der Waals surface area contributed by atoms with Crippen molar-refractivity contribution in [3.8, 4) is 5.75 Å². The van der Waals surface area contributed by atoms with E-state index in [1.807, 2.05) is 6.92 Å². The second-order valence-electron chi connectivity index (χ2n) is 11.5. The highest BCUT2D eigenvalue weighted by molar-refractivity contribution is 5.48. The summed E-state index contributed by atoms with van der Waals surface area (Å²) in [6.07, 6.45) is 12.9. The number of hydrogen-bond acceptors (Lipinski definition) is 1. The lowest BCUT2D eigenvalue weighted by atomic mass is 9.72. The third-order valence-electron chi connectivity index (χ3n) is 7.39. The molecule has 1 unspecified atom stereocenters. The number of hydrogen-bond donors (Lipinski definition) is 1. The highest BCUT2D eigenvalue weighted by Gasteiger charge is 2.29. The molecule has 0 spiro atoms. The Bertz CT molecular complexity index is 620. The molecule has 1 rings (SSSR count). The van der Waals surface area contributed by atoms with Crippen molar-refractivity contribution in [3.05, 3.63) is 28.8 Å². The van der Waals surface area contributed by atoms with Crippen LogP contribution in [0.4, 0.5) is 0 Å². The number of benzene rings is 1. The Morgan fingerprint density at radius 1 is 0.724 bits per heavy atom. The zero-order chi connectivity index (χ0) is 22.3. The Balaban J connectivity index is 2.61. The van der Waals surface area contributed by atoms with Gasteiger partial charge in [-0.25, -0.2) is 0 Å². The molecule has 1 atom stereocenters. The number of rotatable bonds is 12. The summed E-state index contributed by atoms with van der Waals surface area (Å²) in [6, 6.07) is 4.44. The molecule has 29 heavy (non-hydrogen) atoms. The first-order valence-corrected chi connectivity index (χ1v) is 12.2. The predicted octanol–water partition coefficient (Wildman–Crippen LogP) is 9.22. The van der Waals surface area contributed by atoms with Crippen molar-refractivity contribution in [2.24, 2.45) is 5.41 Å². The summed E-state index contributed by atoms with van der Waals surface area (Å²) in [5, 5.41) is 10.8. The van der Waals surface area contributed by atoms with Crippen LogP contribution < -0.4 is 0 Å². The summed E-state index contributed by atoms with van der Waals surface area (Å²) >= 11 is 0. The number of aromatic hydroxyl groups is 1. The molecule has 0 heterocycles. The van der Waals surface area contributed by atoms with Crippen LogP contribution in [0.1, 0.15) is 136 Å². The molecular formula is C28H50O. The molecule has 1 aromatic carbocycles. The van der Waals surface area contributed by atoms with E-state index in [1.54, 1.807) is 0 Å². The molecule has 1 N–H and O–H groups in total. The van der Waals surface area contributed by atoms with Crippen LogP contribution in [0.25, 0.3) is 0 Å². The lowest BCUT2D eigenvalue weighted by molar-refractivity contribution is 0.306. The number of unbranched alkanes of at least 4 members (excludes halogenated alkanes) is 5. The first-order valence-electron chi connectivity index (χ1n) is 12.2. The first-order chi connectivity index (χ1) is 13.4. The summed E-state index contributed by atoms with van der Waals surface area (Å²) in [5.74, 6) is 0.515. The van der Waals surface area contributed by atoms with Gasteiger partial charge in [0, 0.05) is 5.56 Å². The summed E-state index contributed by atoms with van der Waals surface area (Å²) in [7, 11) is 0. The molecule has 1 aromatic rings. The van der Waals surface area contributed by atoms with Gasteiger partial charge in [0.25, 0.3) is 0 Å². The van der Waals surface area contributed by atoms with Crippen LogP contribution in [-0.4, -0.2) is 5.11 Å². The van der Waals surface area contributed by atoms with E-state index in [4.69, 9.17) is 0 Å². The van der Waals surface area contributed by atoms with Crippen molar-refractivity contribution in [2.75, 3.05) is 0 Å². The van der Waals surface area contributed by atoms with E-state index in [0.29, 0.717) is 11.2 Å². The van der Waals surface area contributed by atoms with Crippen LogP contribution in [0, 0.1) is 12.3 Å². The van der Waals surface area contributed by atoms with E-state index in [1.165, 1.54) is 56.9 Å². The average molecular weight is 403 g/mol. The van der Waals surface area contributed by atoms with E-state index in [2.05, 4.69) is 67.5 Å². The first kappa shape index (κ1) is 26.1. The highest BCUT2D eigenvalue weighted by Crippen LogP contribution is 2.42. The topological polar surface area (TPSA) is 20.2 Å². The van der Waals surface area contributed by atoms with Gasteiger partial charge in [0.05, 0.1) is 0 Å². The fourth-order valence-electron chi connectivity index (χ4n) is 4.18. The molecule has 0 aromatic heterocycles.